The molecule has 55 heavy (non-hydrogen) atoms. The molecule has 0 radical (unpaired) electrons. The summed E-state index contributed by atoms with van der Waals surface area (Å²) in [7, 11) is 0. The van der Waals surface area contributed by atoms with Crippen molar-refractivity contribution >= 4 is 28.4 Å². The van der Waals surface area contributed by atoms with Crippen LogP contribution in [0, 0.1) is 5.41 Å². The van der Waals surface area contributed by atoms with E-state index in [1.165, 1.54) is 44.2 Å². The van der Waals surface area contributed by atoms with Gasteiger partial charge in [-0.15, -0.1) is 0 Å². The molecule has 8 aromatic carbocycles. The van der Waals surface area contributed by atoms with Crippen LogP contribution in [-0.4, -0.2) is 11.5 Å². The van der Waals surface area contributed by atoms with Crippen molar-refractivity contribution in [2.24, 2.45) is 4.99 Å². The molecule has 0 heterocycles. The highest BCUT2D eigenvalue weighted by molar-refractivity contribution is 6.19. The van der Waals surface area contributed by atoms with Crippen molar-refractivity contribution in [2.45, 2.75) is 19.3 Å². The summed E-state index contributed by atoms with van der Waals surface area (Å²) in [5.41, 5.74) is 15.9. The Morgan fingerprint density at radius 1 is 0.473 bits per heavy atom. The average Bonchev–Trinajstić information content (AvgIpc) is 3.49. The number of allylic oxidation sites excluding steroid dienone is 1. The van der Waals surface area contributed by atoms with Crippen LogP contribution >= 0.6 is 0 Å². The number of rotatable bonds is 7. The van der Waals surface area contributed by atoms with E-state index >= 15 is 0 Å². The topological polar surface area (TPSA) is 36.2 Å². The Bertz CT molecular complexity index is 2770. The molecule has 8 aromatic rings. The van der Waals surface area contributed by atoms with E-state index in [0.29, 0.717) is 0 Å². The molecular weight excluding hydrogens is 665 g/mol. The monoisotopic (exact) mass is 704 g/mol. The van der Waals surface area contributed by atoms with E-state index in [4.69, 9.17) is 10.4 Å². The molecule has 0 bridgehead atoms. The fourth-order valence-corrected chi connectivity index (χ4v) is 8.35. The quantitative estimate of drug-likeness (QED) is 0.127. The van der Waals surface area contributed by atoms with Crippen LogP contribution < -0.4 is 0 Å². The maximum atomic E-state index is 9.06. The second-order valence-electron chi connectivity index (χ2n) is 14.7. The molecule has 2 heteroatoms. The van der Waals surface area contributed by atoms with Crippen LogP contribution in [0.15, 0.2) is 199 Å². The normalized spacial score (nSPS) is 13.2. The molecule has 0 unspecified atom stereocenters. The molecule has 0 aromatic heterocycles. The minimum atomic E-state index is -0.120. The van der Waals surface area contributed by atoms with Crippen molar-refractivity contribution in [1.29, 1.82) is 5.41 Å². The SMILES string of the molecule is CC1(C)c2ccccc2-c2cccc(-c3ccc(/C=C/C(=NC(=N)c4ccccc4)c4ccc(-c5ccccc5)c(-c5ccccc5)c4)c4ccccc34)c21. The van der Waals surface area contributed by atoms with Gasteiger partial charge in [-0.25, -0.2) is 4.99 Å². The molecule has 9 rings (SSSR count). The maximum Gasteiger partial charge on any atom is 0.152 e. The number of nitrogens with zero attached hydrogens (tertiary/aromatic N) is 1. The van der Waals surface area contributed by atoms with Gasteiger partial charge in [0.2, 0.25) is 0 Å². The fraction of sp³-hybridized carbons (Fsp3) is 0.0566. The summed E-state index contributed by atoms with van der Waals surface area (Å²) in [6, 6.07) is 66.1. The second-order valence-corrected chi connectivity index (χ2v) is 14.7. The smallest absolute Gasteiger partial charge is 0.152 e. The van der Waals surface area contributed by atoms with E-state index in [2.05, 4.69) is 172 Å². The molecule has 0 spiro atoms. The molecule has 0 aliphatic heterocycles. The number of benzene rings is 8. The van der Waals surface area contributed by atoms with Gasteiger partial charge in [0.15, 0.2) is 5.84 Å². The zero-order valence-corrected chi connectivity index (χ0v) is 31.0. The first kappa shape index (κ1) is 33.9. The van der Waals surface area contributed by atoms with Crippen LogP contribution in [0.25, 0.3) is 61.4 Å². The maximum absolute atomic E-state index is 9.06. The lowest BCUT2D eigenvalue weighted by Gasteiger charge is -2.25. The third-order valence-electron chi connectivity index (χ3n) is 11.0. The minimum Gasteiger partial charge on any atom is -0.282 e. The molecule has 0 fully saturated rings. The van der Waals surface area contributed by atoms with Gasteiger partial charge in [-0.2, -0.15) is 0 Å². The number of amidine groups is 1. The standard InChI is InChI=1S/C53H40N2/c1-53(2)49-28-15-14-25-45(49)47-27-16-26-46(51(47)53)44-33-29-38(41-23-12-13-24-43(41)44)31-34-50(55-52(54)39-21-10-5-11-22-39)40-30-32-42(36-17-6-3-7-18-36)48(35-40)37-19-8-4-9-20-37/h3-35,54H,1-2H3/b34-31+,54-52?,55-50?. The van der Waals surface area contributed by atoms with Gasteiger partial charge in [0.05, 0.1) is 5.71 Å². The van der Waals surface area contributed by atoms with Crippen LogP contribution in [0.4, 0.5) is 0 Å². The molecule has 1 aliphatic carbocycles. The largest absolute Gasteiger partial charge is 0.282 e. The molecule has 1 aliphatic rings. The Labute approximate surface area is 323 Å². The molecule has 2 nitrogen and oxygen atoms in total. The van der Waals surface area contributed by atoms with Gasteiger partial charge in [-0.3, -0.25) is 5.41 Å². The van der Waals surface area contributed by atoms with Gasteiger partial charge in [0.25, 0.3) is 0 Å². The summed E-state index contributed by atoms with van der Waals surface area (Å²) >= 11 is 0. The van der Waals surface area contributed by atoms with E-state index in [1.54, 1.807) is 0 Å². The van der Waals surface area contributed by atoms with Gasteiger partial charge >= 0.3 is 0 Å². The van der Waals surface area contributed by atoms with Gasteiger partial charge in [-0.05, 0) is 84.1 Å². The van der Waals surface area contributed by atoms with Crippen LogP contribution in [0.3, 0.4) is 0 Å². The van der Waals surface area contributed by atoms with Crippen molar-refractivity contribution in [3.05, 3.63) is 222 Å². The number of fused-ring (bicyclic) bond motifs is 4. The third kappa shape index (κ3) is 6.22. The first-order valence-corrected chi connectivity index (χ1v) is 18.9. The number of hydrogen-bond acceptors (Lipinski definition) is 1. The van der Waals surface area contributed by atoms with Crippen molar-refractivity contribution in [3.8, 4) is 44.5 Å². The molecule has 0 amide bonds. The Kier molecular flexibility index (Phi) is 8.72. The molecule has 0 saturated heterocycles. The summed E-state index contributed by atoms with van der Waals surface area (Å²) in [4.78, 5) is 5.00. The first-order chi connectivity index (χ1) is 27.0. The van der Waals surface area contributed by atoms with Crippen LogP contribution in [-0.2, 0) is 5.41 Å². The van der Waals surface area contributed by atoms with E-state index in [9.17, 15) is 0 Å². The summed E-state index contributed by atoms with van der Waals surface area (Å²) in [6.45, 7) is 4.70. The molecule has 0 saturated carbocycles. The third-order valence-corrected chi connectivity index (χ3v) is 11.0. The summed E-state index contributed by atoms with van der Waals surface area (Å²) in [5.74, 6) is 0.218. The number of hydrogen-bond donors (Lipinski definition) is 1. The Balaban J connectivity index is 1.17. The predicted molar refractivity (Wildman–Crippen MR) is 233 cm³/mol. The van der Waals surface area contributed by atoms with Gasteiger partial charge in [-0.1, -0.05) is 202 Å². The van der Waals surface area contributed by atoms with E-state index in [0.717, 1.165) is 44.7 Å². The molecule has 262 valence electrons. The lowest BCUT2D eigenvalue weighted by atomic mass is 9.78. The van der Waals surface area contributed by atoms with Gasteiger partial charge in [0.1, 0.15) is 0 Å². The first-order valence-electron chi connectivity index (χ1n) is 18.9. The Morgan fingerprint density at radius 3 is 1.76 bits per heavy atom. The minimum absolute atomic E-state index is 0.120. The fourth-order valence-electron chi connectivity index (χ4n) is 8.35. The zero-order valence-electron chi connectivity index (χ0n) is 31.0. The summed E-state index contributed by atoms with van der Waals surface area (Å²) < 4.78 is 0. The van der Waals surface area contributed by atoms with Crippen molar-refractivity contribution < 1.29 is 0 Å². The highest BCUT2D eigenvalue weighted by Crippen LogP contribution is 2.52. The van der Waals surface area contributed by atoms with Crippen LogP contribution in [0.1, 0.15) is 41.7 Å². The van der Waals surface area contributed by atoms with E-state index in [-0.39, 0.29) is 11.3 Å². The Hall–Kier alpha value is -6.90. The average molecular weight is 705 g/mol. The van der Waals surface area contributed by atoms with E-state index in [1.807, 2.05) is 42.5 Å². The zero-order chi connectivity index (χ0) is 37.4. The highest BCUT2D eigenvalue weighted by atomic mass is 14.8. The Morgan fingerprint density at radius 2 is 1.04 bits per heavy atom. The summed E-state index contributed by atoms with van der Waals surface area (Å²) in [6.07, 6.45) is 4.23. The number of aliphatic imine (C=N–C) groups is 1. The lowest BCUT2D eigenvalue weighted by molar-refractivity contribution is 0.662. The van der Waals surface area contributed by atoms with Crippen molar-refractivity contribution in [1.82, 2.24) is 0 Å². The van der Waals surface area contributed by atoms with Gasteiger partial charge in [0, 0.05) is 16.5 Å². The summed E-state index contributed by atoms with van der Waals surface area (Å²) in [5, 5.41) is 11.4. The molecule has 1 N–H and O–H groups in total. The van der Waals surface area contributed by atoms with Crippen LogP contribution in [0.5, 0.6) is 0 Å². The van der Waals surface area contributed by atoms with E-state index < -0.39 is 0 Å². The van der Waals surface area contributed by atoms with Crippen LogP contribution in [0.2, 0.25) is 0 Å². The number of nitrogens with one attached hydrogen (secondary N) is 1. The molecule has 0 atom stereocenters. The van der Waals surface area contributed by atoms with Gasteiger partial charge < -0.3 is 0 Å². The highest BCUT2D eigenvalue weighted by Gasteiger charge is 2.37. The van der Waals surface area contributed by atoms with Crippen molar-refractivity contribution in [3.63, 3.8) is 0 Å². The predicted octanol–water partition coefficient (Wildman–Crippen LogP) is 13.7. The lowest BCUT2D eigenvalue weighted by Crippen LogP contribution is -2.16. The van der Waals surface area contributed by atoms with Crippen molar-refractivity contribution in [2.75, 3.05) is 0 Å². The molecular formula is C53H40N2. The second kappa shape index (κ2) is 14.2.